The molecule has 0 aliphatic carbocycles. The van der Waals surface area contributed by atoms with E-state index >= 15 is 0 Å². The number of aliphatic hydroxyl groups excluding tert-OH is 2. The summed E-state index contributed by atoms with van der Waals surface area (Å²) in [5, 5.41) is 23.1. The smallest absolute Gasteiger partial charge is 0.118 e. The van der Waals surface area contributed by atoms with Gasteiger partial charge in [0.25, 0.3) is 0 Å². The molecule has 0 saturated carbocycles. The fraction of sp³-hybridized carbons (Fsp3) is 0.333. The maximum absolute atomic E-state index is 11.9. The highest BCUT2D eigenvalue weighted by Crippen LogP contribution is 2.46. The van der Waals surface area contributed by atoms with Gasteiger partial charge in [0, 0.05) is 0 Å². The van der Waals surface area contributed by atoms with Crippen LogP contribution in [0.25, 0.3) is 0 Å². The molecule has 0 heterocycles. The molecule has 0 fully saturated rings. The van der Waals surface area contributed by atoms with Gasteiger partial charge < -0.3 is 19.7 Å². The second-order valence-corrected chi connectivity index (χ2v) is 8.89. The quantitative estimate of drug-likeness (QED) is 0.539. The van der Waals surface area contributed by atoms with Crippen molar-refractivity contribution < 1.29 is 19.7 Å². The third-order valence-electron chi connectivity index (χ3n) is 5.95. The zero-order valence-corrected chi connectivity index (χ0v) is 18.9. The average Bonchev–Trinajstić information content (AvgIpc) is 2.80. The molecule has 0 saturated heterocycles. The summed E-state index contributed by atoms with van der Waals surface area (Å²) in [5.41, 5.74) is 1.08. The average molecular weight is 421 g/mol. The van der Waals surface area contributed by atoms with E-state index in [4.69, 9.17) is 9.47 Å². The van der Waals surface area contributed by atoms with Gasteiger partial charge in [0.15, 0.2) is 0 Å². The summed E-state index contributed by atoms with van der Waals surface area (Å²) in [4.78, 5) is 0. The van der Waals surface area contributed by atoms with Crippen molar-refractivity contribution in [2.45, 2.75) is 38.4 Å². The molecular formula is C27H32O4. The standard InChI is InChI=1S/C27H32O4/c1-26(2,3)24(28)25(29)27(19-9-7-6-8-10-19,20-11-15-22(30-4)16-12-20)21-13-17-23(31-5)18-14-21/h6-18,24-25,28-29H,1-5H3. The fourth-order valence-electron chi connectivity index (χ4n) is 4.13. The van der Waals surface area contributed by atoms with Crippen LogP contribution < -0.4 is 9.47 Å². The molecule has 2 atom stereocenters. The molecule has 0 spiro atoms. The number of aliphatic hydroxyl groups is 2. The third-order valence-corrected chi connectivity index (χ3v) is 5.95. The summed E-state index contributed by atoms with van der Waals surface area (Å²) in [6.45, 7) is 5.79. The van der Waals surface area contributed by atoms with E-state index in [1.165, 1.54) is 0 Å². The second-order valence-electron chi connectivity index (χ2n) is 8.89. The maximum Gasteiger partial charge on any atom is 0.118 e. The van der Waals surface area contributed by atoms with E-state index in [-0.39, 0.29) is 0 Å². The molecule has 0 radical (unpaired) electrons. The number of ether oxygens (including phenoxy) is 2. The van der Waals surface area contributed by atoms with Gasteiger partial charge in [-0.05, 0) is 46.4 Å². The topological polar surface area (TPSA) is 58.9 Å². The molecule has 4 heteroatoms. The minimum Gasteiger partial charge on any atom is -0.497 e. The van der Waals surface area contributed by atoms with Crippen molar-refractivity contribution in [3.8, 4) is 11.5 Å². The molecule has 3 aromatic carbocycles. The highest BCUT2D eigenvalue weighted by molar-refractivity contribution is 5.54. The van der Waals surface area contributed by atoms with Crippen LogP contribution in [0.5, 0.6) is 11.5 Å². The van der Waals surface area contributed by atoms with Gasteiger partial charge in [0.1, 0.15) is 11.5 Å². The lowest BCUT2D eigenvalue weighted by Crippen LogP contribution is -2.52. The Morgan fingerprint density at radius 3 is 1.32 bits per heavy atom. The molecule has 3 aromatic rings. The van der Waals surface area contributed by atoms with Crippen LogP contribution in [0, 0.1) is 5.41 Å². The van der Waals surface area contributed by atoms with Crippen LogP contribution in [0.4, 0.5) is 0 Å². The van der Waals surface area contributed by atoms with Crippen molar-refractivity contribution in [3.63, 3.8) is 0 Å². The van der Waals surface area contributed by atoms with Crippen LogP contribution in [0.1, 0.15) is 37.5 Å². The van der Waals surface area contributed by atoms with Gasteiger partial charge in [0.2, 0.25) is 0 Å². The Hall–Kier alpha value is -2.82. The molecule has 0 aliphatic rings. The minimum atomic E-state index is -1.11. The Bertz CT molecular complexity index is 909. The van der Waals surface area contributed by atoms with Crippen LogP contribution in [0.2, 0.25) is 0 Å². The van der Waals surface area contributed by atoms with Gasteiger partial charge in [-0.15, -0.1) is 0 Å². The molecule has 2 N–H and O–H groups in total. The number of hydrogen-bond acceptors (Lipinski definition) is 4. The van der Waals surface area contributed by atoms with E-state index in [0.29, 0.717) is 0 Å². The lowest BCUT2D eigenvalue weighted by atomic mass is 9.62. The summed E-state index contributed by atoms with van der Waals surface area (Å²) < 4.78 is 10.7. The van der Waals surface area contributed by atoms with Gasteiger partial charge in [-0.3, -0.25) is 0 Å². The fourth-order valence-corrected chi connectivity index (χ4v) is 4.13. The summed E-state index contributed by atoms with van der Waals surface area (Å²) in [6.07, 6.45) is -2.10. The summed E-state index contributed by atoms with van der Waals surface area (Å²) in [6, 6.07) is 25.2. The van der Waals surface area contributed by atoms with Gasteiger partial charge >= 0.3 is 0 Å². The first-order valence-corrected chi connectivity index (χ1v) is 10.5. The molecule has 0 amide bonds. The Kier molecular flexibility index (Phi) is 6.73. The van der Waals surface area contributed by atoms with E-state index in [9.17, 15) is 10.2 Å². The van der Waals surface area contributed by atoms with E-state index in [1.54, 1.807) is 14.2 Å². The predicted octanol–water partition coefficient (Wildman–Crippen LogP) is 4.81. The van der Waals surface area contributed by atoms with E-state index in [2.05, 4.69) is 0 Å². The van der Waals surface area contributed by atoms with Crippen molar-refractivity contribution in [1.29, 1.82) is 0 Å². The molecule has 2 unspecified atom stereocenters. The predicted molar refractivity (Wildman–Crippen MR) is 124 cm³/mol. The molecular weight excluding hydrogens is 388 g/mol. The second kappa shape index (κ2) is 9.13. The van der Waals surface area contributed by atoms with Crippen LogP contribution in [0.3, 0.4) is 0 Å². The zero-order valence-electron chi connectivity index (χ0n) is 18.9. The maximum atomic E-state index is 11.9. The Balaban J connectivity index is 2.36. The molecule has 4 nitrogen and oxygen atoms in total. The van der Waals surface area contributed by atoms with Crippen molar-refractivity contribution in [3.05, 3.63) is 95.6 Å². The largest absolute Gasteiger partial charge is 0.497 e. The van der Waals surface area contributed by atoms with E-state index in [0.717, 1.165) is 28.2 Å². The summed E-state index contributed by atoms with van der Waals surface area (Å²) >= 11 is 0. The summed E-state index contributed by atoms with van der Waals surface area (Å²) in [5.74, 6) is 1.46. The molecule has 3 rings (SSSR count). The van der Waals surface area contributed by atoms with Crippen LogP contribution in [-0.4, -0.2) is 36.6 Å². The number of rotatable bonds is 7. The minimum absolute atomic E-state index is 0.529. The van der Waals surface area contributed by atoms with Crippen LogP contribution in [0.15, 0.2) is 78.9 Å². The SMILES string of the molecule is COc1ccc(C(c2ccccc2)(c2ccc(OC)cc2)C(O)C(O)C(C)(C)C)cc1. The van der Waals surface area contributed by atoms with Gasteiger partial charge in [-0.1, -0.05) is 75.4 Å². The van der Waals surface area contributed by atoms with Crippen LogP contribution >= 0.6 is 0 Å². The first-order chi connectivity index (χ1) is 14.7. The lowest BCUT2D eigenvalue weighted by molar-refractivity contribution is -0.0654. The normalized spacial score (nSPS) is 14.0. The van der Waals surface area contributed by atoms with Crippen molar-refractivity contribution in [1.82, 2.24) is 0 Å². The third kappa shape index (κ3) is 4.32. The van der Waals surface area contributed by atoms with Gasteiger partial charge in [-0.2, -0.15) is 0 Å². The molecule has 0 aliphatic heterocycles. The Labute approximate surface area is 185 Å². The molecule has 164 valence electrons. The van der Waals surface area contributed by atoms with Crippen molar-refractivity contribution >= 4 is 0 Å². The lowest BCUT2D eigenvalue weighted by Gasteiger charge is -2.45. The van der Waals surface area contributed by atoms with Crippen LogP contribution in [-0.2, 0) is 5.41 Å². The summed E-state index contributed by atoms with van der Waals surface area (Å²) in [7, 11) is 3.25. The number of methoxy groups -OCH3 is 2. The first-order valence-electron chi connectivity index (χ1n) is 10.5. The van der Waals surface area contributed by atoms with Crippen molar-refractivity contribution in [2.24, 2.45) is 5.41 Å². The van der Waals surface area contributed by atoms with E-state index < -0.39 is 23.0 Å². The number of hydrogen-bond donors (Lipinski definition) is 2. The molecule has 0 bridgehead atoms. The Morgan fingerprint density at radius 1 is 0.581 bits per heavy atom. The molecule has 0 aromatic heterocycles. The highest BCUT2D eigenvalue weighted by atomic mass is 16.5. The highest BCUT2D eigenvalue weighted by Gasteiger charge is 2.48. The van der Waals surface area contributed by atoms with E-state index in [1.807, 2.05) is 99.6 Å². The van der Waals surface area contributed by atoms with Gasteiger partial charge in [-0.25, -0.2) is 0 Å². The number of benzene rings is 3. The van der Waals surface area contributed by atoms with Crippen molar-refractivity contribution in [2.75, 3.05) is 14.2 Å². The Morgan fingerprint density at radius 2 is 0.968 bits per heavy atom. The first kappa shape index (κ1) is 22.9. The van der Waals surface area contributed by atoms with Gasteiger partial charge in [0.05, 0.1) is 31.8 Å². The monoisotopic (exact) mass is 420 g/mol. The zero-order chi connectivity index (χ0) is 22.6. The molecule has 31 heavy (non-hydrogen) atoms.